The SMILES string of the molecule is CCC(O)CCC(=O)C(O)(CC(=O)O)C(C(=O)C(C)CC)[N+](C)(C)C. The summed E-state index contributed by atoms with van der Waals surface area (Å²) in [6.07, 6.45) is -0.611. The van der Waals surface area contributed by atoms with E-state index in [4.69, 9.17) is 0 Å². The number of carboxylic acid groups (broad SMARTS) is 1. The molecule has 0 aliphatic heterocycles. The number of rotatable bonds is 12. The van der Waals surface area contributed by atoms with E-state index >= 15 is 0 Å². The van der Waals surface area contributed by atoms with E-state index < -0.39 is 41.8 Å². The highest BCUT2D eigenvalue weighted by Gasteiger charge is 2.56. The summed E-state index contributed by atoms with van der Waals surface area (Å²) in [5.41, 5.74) is -2.31. The van der Waals surface area contributed by atoms with Crippen LogP contribution in [0.4, 0.5) is 0 Å². The van der Waals surface area contributed by atoms with Crippen molar-refractivity contribution in [3.8, 4) is 0 Å². The second-order valence-corrected chi connectivity index (χ2v) is 7.75. The molecule has 0 aromatic carbocycles. The van der Waals surface area contributed by atoms with Gasteiger partial charge in [-0.05, 0) is 19.3 Å². The molecule has 0 heterocycles. The van der Waals surface area contributed by atoms with E-state index in [2.05, 4.69) is 0 Å². The smallest absolute Gasteiger partial charge is 0.307 e. The number of hydrogen-bond donors (Lipinski definition) is 3. The summed E-state index contributed by atoms with van der Waals surface area (Å²) in [6, 6.07) is -1.19. The molecule has 146 valence electrons. The summed E-state index contributed by atoms with van der Waals surface area (Å²) in [4.78, 5) is 36.9. The highest BCUT2D eigenvalue weighted by molar-refractivity contribution is 5.99. The summed E-state index contributed by atoms with van der Waals surface area (Å²) >= 11 is 0. The van der Waals surface area contributed by atoms with E-state index in [1.807, 2.05) is 6.92 Å². The quantitative estimate of drug-likeness (QED) is 0.448. The molecule has 0 bridgehead atoms. The van der Waals surface area contributed by atoms with Crippen LogP contribution in [0, 0.1) is 5.92 Å². The number of quaternary nitrogens is 1. The minimum atomic E-state index is -2.31. The predicted molar refractivity (Wildman–Crippen MR) is 94.0 cm³/mol. The Balaban J connectivity index is 5.92. The van der Waals surface area contributed by atoms with Crippen molar-refractivity contribution in [2.45, 2.75) is 70.6 Å². The van der Waals surface area contributed by atoms with Crippen LogP contribution in [0.25, 0.3) is 0 Å². The Kier molecular flexibility index (Phi) is 8.91. The summed E-state index contributed by atoms with van der Waals surface area (Å²) in [5, 5.41) is 30.0. The second kappa shape index (κ2) is 9.40. The number of ketones is 2. The lowest BCUT2D eigenvalue weighted by Gasteiger charge is -2.42. The van der Waals surface area contributed by atoms with Crippen LogP contribution in [0.15, 0.2) is 0 Å². The van der Waals surface area contributed by atoms with Crippen LogP contribution >= 0.6 is 0 Å². The molecule has 0 aromatic heterocycles. The molecule has 25 heavy (non-hydrogen) atoms. The lowest BCUT2D eigenvalue weighted by Crippen LogP contribution is -2.67. The van der Waals surface area contributed by atoms with Gasteiger partial charge >= 0.3 is 5.97 Å². The summed E-state index contributed by atoms with van der Waals surface area (Å²) in [6.45, 7) is 5.29. The van der Waals surface area contributed by atoms with Crippen molar-refractivity contribution in [1.29, 1.82) is 0 Å². The Labute approximate surface area is 150 Å². The van der Waals surface area contributed by atoms with E-state index in [-0.39, 0.29) is 23.1 Å². The number of carboxylic acids is 1. The van der Waals surface area contributed by atoms with Gasteiger partial charge in [-0.15, -0.1) is 0 Å². The minimum absolute atomic E-state index is 0.0605. The molecule has 7 nitrogen and oxygen atoms in total. The summed E-state index contributed by atoms with van der Waals surface area (Å²) in [5.74, 6) is -2.79. The van der Waals surface area contributed by atoms with Gasteiger partial charge in [-0.2, -0.15) is 0 Å². The van der Waals surface area contributed by atoms with Gasteiger partial charge in [0.1, 0.15) is 0 Å². The van der Waals surface area contributed by atoms with Crippen LogP contribution in [0.3, 0.4) is 0 Å². The zero-order valence-corrected chi connectivity index (χ0v) is 16.3. The van der Waals surface area contributed by atoms with Gasteiger partial charge in [-0.1, -0.05) is 20.8 Å². The molecule has 7 heteroatoms. The van der Waals surface area contributed by atoms with E-state index in [9.17, 15) is 29.7 Å². The van der Waals surface area contributed by atoms with Gasteiger partial charge in [-0.25, -0.2) is 0 Å². The zero-order valence-electron chi connectivity index (χ0n) is 16.3. The van der Waals surface area contributed by atoms with Crippen molar-refractivity contribution >= 4 is 17.5 Å². The molecule has 4 unspecified atom stereocenters. The molecule has 0 radical (unpaired) electrons. The molecular formula is C18H34NO6+. The third-order valence-corrected chi connectivity index (χ3v) is 4.67. The standard InChI is InChI=1S/C18H33NO6/c1-7-12(3)16(24)17(19(4,5)6)18(25,11-15(22)23)14(21)10-9-13(20)8-2/h12-13,17,20,25H,7-11H2,1-6H3/p+1. The van der Waals surface area contributed by atoms with E-state index in [1.165, 1.54) is 0 Å². The van der Waals surface area contributed by atoms with Crippen LogP contribution in [0.5, 0.6) is 0 Å². The normalized spacial score (nSPS) is 18.1. The molecule has 0 aromatic rings. The molecule has 0 aliphatic carbocycles. The number of carbonyl (C=O) groups excluding carboxylic acids is 2. The van der Waals surface area contributed by atoms with E-state index in [0.29, 0.717) is 12.8 Å². The Morgan fingerprint density at radius 2 is 1.60 bits per heavy atom. The predicted octanol–water partition coefficient (Wildman–Crippen LogP) is 1.00. The van der Waals surface area contributed by atoms with Crippen LogP contribution in [0.2, 0.25) is 0 Å². The van der Waals surface area contributed by atoms with E-state index in [1.54, 1.807) is 35.0 Å². The number of aliphatic hydroxyl groups is 2. The first-order valence-electron chi connectivity index (χ1n) is 8.81. The third-order valence-electron chi connectivity index (χ3n) is 4.67. The summed E-state index contributed by atoms with van der Waals surface area (Å²) in [7, 11) is 4.98. The van der Waals surface area contributed by atoms with Crippen LogP contribution in [-0.4, -0.2) is 76.2 Å². The van der Waals surface area contributed by atoms with E-state index in [0.717, 1.165) is 0 Å². The van der Waals surface area contributed by atoms with Gasteiger partial charge in [0.15, 0.2) is 23.2 Å². The molecule has 0 aliphatic rings. The molecule has 3 N–H and O–H groups in total. The first-order valence-corrected chi connectivity index (χ1v) is 8.81. The van der Waals surface area contributed by atoms with Gasteiger partial charge in [0, 0.05) is 12.3 Å². The minimum Gasteiger partial charge on any atom is -0.481 e. The van der Waals surface area contributed by atoms with Crippen molar-refractivity contribution in [3.63, 3.8) is 0 Å². The number of carbonyl (C=O) groups is 3. The number of hydrogen-bond acceptors (Lipinski definition) is 5. The first-order chi connectivity index (χ1) is 11.3. The first kappa shape index (κ1) is 23.7. The van der Waals surface area contributed by atoms with Gasteiger partial charge in [-0.3, -0.25) is 14.4 Å². The molecular weight excluding hydrogens is 326 g/mol. The Morgan fingerprint density at radius 1 is 1.08 bits per heavy atom. The second-order valence-electron chi connectivity index (χ2n) is 7.75. The van der Waals surface area contributed by atoms with Crippen LogP contribution < -0.4 is 0 Å². The average Bonchev–Trinajstić information content (AvgIpc) is 2.48. The largest absolute Gasteiger partial charge is 0.481 e. The highest BCUT2D eigenvalue weighted by atomic mass is 16.4. The van der Waals surface area contributed by atoms with Crippen molar-refractivity contribution in [2.24, 2.45) is 5.92 Å². The molecule has 0 rings (SSSR count). The number of Topliss-reactive ketones (excluding diaryl/α,β-unsaturated/α-hetero) is 2. The van der Waals surface area contributed by atoms with Gasteiger partial charge in [0.25, 0.3) is 0 Å². The number of aliphatic hydroxyl groups excluding tert-OH is 1. The maximum Gasteiger partial charge on any atom is 0.307 e. The lowest BCUT2D eigenvalue weighted by molar-refractivity contribution is -0.892. The maximum atomic E-state index is 12.9. The van der Waals surface area contributed by atoms with Gasteiger partial charge < -0.3 is 19.8 Å². The van der Waals surface area contributed by atoms with Crippen LogP contribution in [-0.2, 0) is 14.4 Å². The molecule has 0 saturated heterocycles. The lowest BCUT2D eigenvalue weighted by atomic mass is 9.77. The molecule has 0 fully saturated rings. The fourth-order valence-electron chi connectivity index (χ4n) is 3.03. The molecule has 0 amide bonds. The molecule has 0 saturated carbocycles. The number of likely N-dealkylation sites (N-methyl/N-ethyl adjacent to an activating group) is 1. The number of aliphatic carboxylic acids is 1. The van der Waals surface area contributed by atoms with Gasteiger partial charge in [0.2, 0.25) is 0 Å². The zero-order chi connectivity index (χ0) is 20.0. The molecule has 0 spiro atoms. The monoisotopic (exact) mass is 360 g/mol. The summed E-state index contributed by atoms with van der Waals surface area (Å²) < 4.78 is -0.0605. The van der Waals surface area contributed by atoms with Crippen molar-refractivity contribution in [3.05, 3.63) is 0 Å². The number of nitrogens with zero attached hydrogens (tertiary/aromatic N) is 1. The maximum absolute atomic E-state index is 12.9. The van der Waals surface area contributed by atoms with Gasteiger partial charge in [0.05, 0.1) is 33.7 Å². The van der Waals surface area contributed by atoms with Crippen LogP contribution in [0.1, 0.15) is 52.9 Å². The Hall–Kier alpha value is -1.31. The van der Waals surface area contributed by atoms with Crippen molar-refractivity contribution < 1.29 is 34.2 Å². The highest BCUT2D eigenvalue weighted by Crippen LogP contribution is 2.30. The fraction of sp³-hybridized carbons (Fsp3) is 0.833. The third kappa shape index (κ3) is 6.49. The molecule has 4 atom stereocenters. The average molecular weight is 360 g/mol. The Morgan fingerprint density at radius 3 is 1.96 bits per heavy atom. The van der Waals surface area contributed by atoms with Crippen molar-refractivity contribution in [1.82, 2.24) is 0 Å². The topological polar surface area (TPSA) is 112 Å². The van der Waals surface area contributed by atoms with Crippen molar-refractivity contribution in [2.75, 3.05) is 21.1 Å². The fourth-order valence-corrected chi connectivity index (χ4v) is 3.03. The Bertz CT molecular complexity index is 484.